The number of unbranched alkanes of at least 4 members (excludes halogenated alkanes) is 1. The van der Waals surface area contributed by atoms with Gasteiger partial charge < -0.3 is 11.5 Å². The minimum atomic E-state index is -0.471. The molecule has 0 aromatic heterocycles. The lowest BCUT2D eigenvalue weighted by Crippen LogP contribution is -2.10. The average molecular weight is 298 g/mol. The molecule has 5 nitrogen and oxygen atoms in total. The first-order valence-electron chi connectivity index (χ1n) is 7.08. The first kappa shape index (κ1) is 17.4. The Bertz CT molecular complexity index is 625. The van der Waals surface area contributed by atoms with E-state index < -0.39 is 5.91 Å². The molecule has 0 atom stereocenters. The predicted molar refractivity (Wildman–Crippen MR) is 89.6 cm³/mol. The molecule has 0 aliphatic carbocycles. The molecule has 0 heterocycles. The summed E-state index contributed by atoms with van der Waals surface area (Å²) in [6.45, 7) is 7.83. The van der Waals surface area contributed by atoms with Gasteiger partial charge in [-0.15, -0.1) is 0 Å². The van der Waals surface area contributed by atoms with E-state index in [-0.39, 0.29) is 0 Å². The van der Waals surface area contributed by atoms with Crippen molar-refractivity contribution in [2.24, 2.45) is 21.7 Å². The van der Waals surface area contributed by atoms with E-state index >= 15 is 0 Å². The van der Waals surface area contributed by atoms with Crippen LogP contribution in [0.15, 0.2) is 70.2 Å². The van der Waals surface area contributed by atoms with Gasteiger partial charge in [-0.05, 0) is 49.3 Å². The second-order valence-electron chi connectivity index (χ2n) is 4.88. The fourth-order valence-electron chi connectivity index (χ4n) is 1.64. The van der Waals surface area contributed by atoms with E-state index in [1.54, 1.807) is 30.3 Å². The first-order chi connectivity index (χ1) is 10.4. The summed E-state index contributed by atoms with van der Waals surface area (Å²) in [6.07, 6.45) is 5.76. The van der Waals surface area contributed by atoms with Gasteiger partial charge in [-0.3, -0.25) is 4.79 Å². The maximum atomic E-state index is 11.0. The summed E-state index contributed by atoms with van der Waals surface area (Å²) in [5.74, 6) is -0.471. The van der Waals surface area contributed by atoms with Crippen molar-refractivity contribution in [1.82, 2.24) is 0 Å². The zero-order chi connectivity index (χ0) is 16.5. The van der Waals surface area contributed by atoms with Crippen molar-refractivity contribution in [3.05, 3.63) is 65.5 Å². The maximum absolute atomic E-state index is 11.0. The zero-order valence-corrected chi connectivity index (χ0v) is 13.0. The third-order valence-electron chi connectivity index (χ3n) is 2.94. The van der Waals surface area contributed by atoms with Gasteiger partial charge in [0.2, 0.25) is 5.91 Å². The van der Waals surface area contributed by atoms with Crippen LogP contribution in [0.5, 0.6) is 0 Å². The summed E-state index contributed by atoms with van der Waals surface area (Å²) >= 11 is 0. The molecule has 0 spiro atoms. The second-order valence-corrected chi connectivity index (χ2v) is 4.88. The summed E-state index contributed by atoms with van der Waals surface area (Å²) in [5.41, 5.74) is 14.3. The van der Waals surface area contributed by atoms with Crippen molar-refractivity contribution in [2.75, 3.05) is 0 Å². The van der Waals surface area contributed by atoms with Crippen LogP contribution in [0.2, 0.25) is 0 Å². The fourth-order valence-corrected chi connectivity index (χ4v) is 1.64. The highest BCUT2D eigenvalue weighted by Gasteiger charge is 1.99. The molecular weight excluding hydrogens is 276 g/mol. The summed E-state index contributed by atoms with van der Waals surface area (Å²) < 4.78 is 0. The van der Waals surface area contributed by atoms with E-state index in [0.717, 1.165) is 24.1 Å². The Labute approximate surface area is 131 Å². The van der Waals surface area contributed by atoms with Gasteiger partial charge in [0.25, 0.3) is 0 Å². The lowest BCUT2D eigenvalue weighted by molar-refractivity contribution is 0.100. The van der Waals surface area contributed by atoms with Gasteiger partial charge in [-0.1, -0.05) is 26.0 Å². The van der Waals surface area contributed by atoms with Crippen LogP contribution in [-0.4, -0.2) is 5.91 Å². The van der Waals surface area contributed by atoms with Gasteiger partial charge in [0.05, 0.1) is 11.4 Å². The van der Waals surface area contributed by atoms with E-state index in [1.165, 1.54) is 0 Å². The smallest absolute Gasteiger partial charge is 0.248 e. The van der Waals surface area contributed by atoms with E-state index in [1.807, 2.05) is 13.0 Å². The molecule has 22 heavy (non-hydrogen) atoms. The molecule has 0 unspecified atom stereocenters. The molecule has 0 fully saturated rings. The van der Waals surface area contributed by atoms with Crippen molar-refractivity contribution >= 4 is 11.6 Å². The van der Waals surface area contributed by atoms with Crippen molar-refractivity contribution in [2.45, 2.75) is 26.7 Å². The highest BCUT2D eigenvalue weighted by Crippen LogP contribution is 2.16. The van der Waals surface area contributed by atoms with Crippen LogP contribution in [0.25, 0.3) is 0 Å². The number of rotatable bonds is 7. The number of nitrogens with zero attached hydrogens (tertiary/aromatic N) is 2. The van der Waals surface area contributed by atoms with E-state index in [0.29, 0.717) is 16.9 Å². The molecule has 0 radical (unpaired) electrons. The molecule has 1 rings (SSSR count). The van der Waals surface area contributed by atoms with Gasteiger partial charge in [0.15, 0.2) is 0 Å². The standard InChI is InChI=1S/C17H22N4O/c1-4-5-6-16(18)12(2)11-13(3)20-21-15-9-7-14(8-10-15)17(19)22/h6-11H,3-5,18H2,1-2H3,(H2,19,22)/b12-11-,16-6+,21-20?. The van der Waals surface area contributed by atoms with Crippen LogP contribution in [-0.2, 0) is 0 Å². The molecule has 0 aliphatic rings. The highest BCUT2D eigenvalue weighted by atomic mass is 16.1. The monoisotopic (exact) mass is 298 g/mol. The predicted octanol–water partition coefficient (Wildman–Crippen LogP) is 3.97. The van der Waals surface area contributed by atoms with Gasteiger partial charge in [-0.2, -0.15) is 10.2 Å². The van der Waals surface area contributed by atoms with Gasteiger partial charge in [0, 0.05) is 11.3 Å². The summed E-state index contributed by atoms with van der Waals surface area (Å²) in [6, 6.07) is 6.55. The molecule has 116 valence electrons. The minimum Gasteiger partial charge on any atom is -0.399 e. The van der Waals surface area contributed by atoms with Crippen molar-refractivity contribution in [1.29, 1.82) is 0 Å². The summed E-state index contributed by atoms with van der Waals surface area (Å²) in [7, 11) is 0. The molecule has 0 saturated heterocycles. The Morgan fingerprint density at radius 1 is 1.27 bits per heavy atom. The molecule has 0 aliphatic heterocycles. The van der Waals surface area contributed by atoms with Crippen molar-refractivity contribution < 1.29 is 4.79 Å². The number of hydrogen-bond donors (Lipinski definition) is 2. The molecule has 4 N–H and O–H groups in total. The number of allylic oxidation sites excluding steroid dienone is 3. The maximum Gasteiger partial charge on any atom is 0.248 e. The number of carbonyl (C=O) groups is 1. The Hall–Kier alpha value is -2.69. The Kier molecular flexibility index (Phi) is 6.76. The van der Waals surface area contributed by atoms with Gasteiger partial charge in [0.1, 0.15) is 0 Å². The summed E-state index contributed by atoms with van der Waals surface area (Å²) in [5, 5.41) is 8.08. The largest absolute Gasteiger partial charge is 0.399 e. The lowest BCUT2D eigenvalue weighted by atomic mass is 10.1. The van der Waals surface area contributed by atoms with Crippen LogP contribution >= 0.6 is 0 Å². The van der Waals surface area contributed by atoms with Gasteiger partial charge in [-0.25, -0.2) is 0 Å². The van der Waals surface area contributed by atoms with E-state index in [4.69, 9.17) is 11.5 Å². The molecule has 1 amide bonds. The molecule has 0 saturated carbocycles. The normalized spacial score (nSPS) is 12.6. The molecule has 1 aromatic rings. The fraction of sp³-hybridized carbons (Fsp3) is 0.235. The lowest BCUT2D eigenvalue weighted by Gasteiger charge is -2.01. The van der Waals surface area contributed by atoms with E-state index in [2.05, 4.69) is 23.7 Å². The quantitative estimate of drug-likeness (QED) is 0.588. The Morgan fingerprint density at radius 2 is 1.91 bits per heavy atom. The molecule has 5 heteroatoms. The minimum absolute atomic E-state index is 0.433. The van der Waals surface area contributed by atoms with E-state index in [9.17, 15) is 4.79 Å². The number of benzene rings is 1. The highest BCUT2D eigenvalue weighted by molar-refractivity contribution is 5.92. The average Bonchev–Trinajstić information content (AvgIpc) is 2.50. The molecule has 1 aromatic carbocycles. The number of carbonyl (C=O) groups excluding carboxylic acids is 1. The number of amides is 1. The Morgan fingerprint density at radius 3 is 2.45 bits per heavy atom. The summed E-state index contributed by atoms with van der Waals surface area (Å²) in [4.78, 5) is 11.0. The SMILES string of the molecule is C=C(/C=C(C)\C(N)=C/CCC)N=Nc1ccc(C(N)=O)cc1. The number of hydrogen-bond acceptors (Lipinski definition) is 4. The van der Waals surface area contributed by atoms with Crippen LogP contribution in [0, 0.1) is 0 Å². The van der Waals surface area contributed by atoms with Crippen LogP contribution in [0.4, 0.5) is 5.69 Å². The van der Waals surface area contributed by atoms with Crippen LogP contribution < -0.4 is 11.5 Å². The first-order valence-corrected chi connectivity index (χ1v) is 7.08. The number of azo groups is 1. The van der Waals surface area contributed by atoms with Crippen LogP contribution in [0.1, 0.15) is 37.0 Å². The second kappa shape index (κ2) is 8.56. The molecule has 0 bridgehead atoms. The molecular formula is C17H22N4O. The van der Waals surface area contributed by atoms with Crippen LogP contribution in [0.3, 0.4) is 0 Å². The number of nitrogens with two attached hydrogens (primary N) is 2. The van der Waals surface area contributed by atoms with Crippen molar-refractivity contribution in [3.63, 3.8) is 0 Å². The zero-order valence-electron chi connectivity index (χ0n) is 13.0. The topological polar surface area (TPSA) is 93.8 Å². The third-order valence-corrected chi connectivity index (χ3v) is 2.94. The third kappa shape index (κ3) is 5.75. The Balaban J connectivity index is 2.73. The number of primary amides is 1. The van der Waals surface area contributed by atoms with Gasteiger partial charge >= 0.3 is 0 Å². The van der Waals surface area contributed by atoms with Crippen molar-refractivity contribution in [3.8, 4) is 0 Å².